The van der Waals surface area contributed by atoms with Gasteiger partial charge in [0.15, 0.2) is 0 Å². The minimum absolute atomic E-state index is 0.0809. The number of nitrogens with two attached hydrogens (primary N) is 1. The Hall–Kier alpha value is -0.830. The summed E-state index contributed by atoms with van der Waals surface area (Å²) < 4.78 is 0. The molecule has 1 saturated carbocycles. The first-order chi connectivity index (χ1) is 5.74. The van der Waals surface area contributed by atoms with Crippen molar-refractivity contribution in [2.45, 2.75) is 38.1 Å². The molecule has 3 heteroatoms. The Morgan fingerprint density at radius 1 is 1.67 bits per heavy atom. The molecule has 0 unspecified atom stereocenters. The molecule has 66 valence electrons. The van der Waals surface area contributed by atoms with E-state index in [0.29, 0.717) is 0 Å². The normalized spacial score (nSPS) is 19.5. The average Bonchev–Trinajstić information content (AvgIpc) is 2.64. The summed E-state index contributed by atoms with van der Waals surface area (Å²) in [5.41, 5.74) is 8.17. The van der Waals surface area contributed by atoms with Crippen LogP contribution in [0.15, 0.2) is 6.07 Å². The Morgan fingerprint density at radius 2 is 2.42 bits per heavy atom. The molecule has 0 saturated heterocycles. The van der Waals surface area contributed by atoms with E-state index in [-0.39, 0.29) is 5.54 Å². The maximum atomic E-state index is 5.99. The van der Waals surface area contributed by atoms with Gasteiger partial charge in [0.2, 0.25) is 0 Å². The summed E-state index contributed by atoms with van der Waals surface area (Å²) in [6, 6.07) is 2.11. The predicted molar refractivity (Wildman–Crippen MR) is 47.7 cm³/mol. The average molecular weight is 165 g/mol. The minimum Gasteiger partial charge on any atom is -0.320 e. The molecule has 1 aromatic rings. The van der Waals surface area contributed by atoms with E-state index in [1.54, 1.807) is 0 Å². The van der Waals surface area contributed by atoms with Crippen LogP contribution in [-0.4, -0.2) is 10.2 Å². The highest BCUT2D eigenvalue weighted by Crippen LogP contribution is 2.41. The van der Waals surface area contributed by atoms with Gasteiger partial charge in [-0.15, -0.1) is 0 Å². The molecule has 1 heterocycles. The lowest BCUT2D eigenvalue weighted by atomic mass is 10.1. The van der Waals surface area contributed by atoms with E-state index in [0.717, 1.165) is 31.4 Å². The highest BCUT2D eigenvalue weighted by molar-refractivity contribution is 5.23. The molecule has 3 N–H and O–H groups in total. The quantitative estimate of drug-likeness (QED) is 0.709. The number of aromatic nitrogens is 2. The summed E-state index contributed by atoms with van der Waals surface area (Å²) in [6.45, 7) is 2.16. The maximum Gasteiger partial charge on any atom is 0.0823 e. The summed E-state index contributed by atoms with van der Waals surface area (Å²) in [4.78, 5) is 0. The largest absolute Gasteiger partial charge is 0.320 e. The smallest absolute Gasteiger partial charge is 0.0823 e. The molecule has 0 radical (unpaired) electrons. The summed E-state index contributed by atoms with van der Waals surface area (Å²) in [7, 11) is 0. The minimum atomic E-state index is -0.0809. The lowest BCUT2D eigenvalue weighted by Gasteiger charge is -2.00. The summed E-state index contributed by atoms with van der Waals surface area (Å²) in [6.07, 6.45) is 4.40. The van der Waals surface area contributed by atoms with Gasteiger partial charge in [-0.2, -0.15) is 5.10 Å². The van der Waals surface area contributed by atoms with Gasteiger partial charge in [0.25, 0.3) is 0 Å². The van der Waals surface area contributed by atoms with Crippen molar-refractivity contribution in [2.75, 3.05) is 0 Å². The third-order valence-corrected chi connectivity index (χ3v) is 2.45. The summed E-state index contributed by atoms with van der Waals surface area (Å²) in [5.74, 6) is 0. The van der Waals surface area contributed by atoms with Crippen LogP contribution in [0.3, 0.4) is 0 Å². The van der Waals surface area contributed by atoms with Crippen LogP contribution in [0.2, 0.25) is 0 Å². The number of hydrogen-bond donors (Lipinski definition) is 2. The molecule has 1 aliphatic carbocycles. The van der Waals surface area contributed by atoms with Crippen molar-refractivity contribution >= 4 is 0 Å². The molecule has 0 aromatic carbocycles. The van der Waals surface area contributed by atoms with Crippen molar-refractivity contribution in [1.82, 2.24) is 10.2 Å². The van der Waals surface area contributed by atoms with Crippen molar-refractivity contribution in [3.8, 4) is 0 Å². The van der Waals surface area contributed by atoms with E-state index >= 15 is 0 Å². The van der Waals surface area contributed by atoms with Crippen LogP contribution in [0.4, 0.5) is 0 Å². The number of H-pyrrole nitrogens is 1. The summed E-state index contributed by atoms with van der Waals surface area (Å²) in [5, 5.41) is 7.24. The van der Waals surface area contributed by atoms with Gasteiger partial charge in [0.1, 0.15) is 0 Å². The van der Waals surface area contributed by atoms with Crippen LogP contribution in [-0.2, 0) is 12.0 Å². The number of aromatic amines is 1. The first kappa shape index (κ1) is 7.80. The highest BCUT2D eigenvalue weighted by Gasteiger charge is 2.42. The van der Waals surface area contributed by atoms with Crippen molar-refractivity contribution in [3.05, 3.63) is 17.5 Å². The Bertz CT molecular complexity index is 273. The fraction of sp³-hybridized carbons (Fsp3) is 0.667. The van der Waals surface area contributed by atoms with Gasteiger partial charge in [-0.3, -0.25) is 5.10 Å². The van der Waals surface area contributed by atoms with Gasteiger partial charge in [0, 0.05) is 5.69 Å². The number of rotatable bonds is 3. The van der Waals surface area contributed by atoms with E-state index in [1.807, 2.05) is 0 Å². The van der Waals surface area contributed by atoms with E-state index in [9.17, 15) is 0 Å². The maximum absolute atomic E-state index is 5.99. The Labute approximate surface area is 72.4 Å². The van der Waals surface area contributed by atoms with Crippen LogP contribution in [0, 0.1) is 0 Å². The molecule has 3 nitrogen and oxygen atoms in total. The van der Waals surface area contributed by atoms with Gasteiger partial charge < -0.3 is 5.73 Å². The Balaban J connectivity index is 2.13. The third-order valence-electron chi connectivity index (χ3n) is 2.45. The van der Waals surface area contributed by atoms with Gasteiger partial charge in [-0.25, -0.2) is 0 Å². The molecule has 0 bridgehead atoms. The molecule has 1 aliphatic rings. The first-order valence-electron chi connectivity index (χ1n) is 4.58. The predicted octanol–water partition coefficient (Wildman–Crippen LogP) is 1.31. The third kappa shape index (κ3) is 1.25. The molecule has 0 aliphatic heterocycles. The number of hydrogen-bond acceptors (Lipinski definition) is 2. The number of nitrogens with one attached hydrogen (secondary N) is 1. The second-order valence-corrected chi connectivity index (χ2v) is 3.68. The van der Waals surface area contributed by atoms with Crippen LogP contribution in [0.25, 0.3) is 0 Å². The lowest BCUT2D eigenvalue weighted by molar-refractivity contribution is 0.702. The van der Waals surface area contributed by atoms with Crippen LogP contribution >= 0.6 is 0 Å². The van der Waals surface area contributed by atoms with Crippen LogP contribution in [0.5, 0.6) is 0 Å². The molecule has 12 heavy (non-hydrogen) atoms. The van der Waals surface area contributed by atoms with E-state index in [2.05, 4.69) is 23.2 Å². The fourth-order valence-corrected chi connectivity index (χ4v) is 1.40. The summed E-state index contributed by atoms with van der Waals surface area (Å²) >= 11 is 0. The zero-order valence-corrected chi connectivity index (χ0v) is 7.43. The molecular formula is C9H15N3. The van der Waals surface area contributed by atoms with Gasteiger partial charge in [0.05, 0.1) is 11.2 Å². The van der Waals surface area contributed by atoms with Crippen LogP contribution in [0.1, 0.15) is 37.6 Å². The molecule has 2 rings (SSSR count). The standard InChI is InChI=1S/C9H15N3/c1-2-3-7-6-8(12-11-7)9(10)4-5-9/h6H,2-5,10H2,1H3,(H,11,12). The second-order valence-electron chi connectivity index (χ2n) is 3.68. The second kappa shape index (κ2) is 2.59. The molecule has 0 spiro atoms. The topological polar surface area (TPSA) is 54.7 Å². The number of aryl methyl sites for hydroxylation is 1. The van der Waals surface area contributed by atoms with E-state index in [1.165, 1.54) is 5.69 Å². The lowest BCUT2D eigenvalue weighted by Crippen LogP contribution is -2.18. The molecular weight excluding hydrogens is 150 g/mol. The first-order valence-corrected chi connectivity index (χ1v) is 4.58. The van der Waals surface area contributed by atoms with Crippen LogP contribution < -0.4 is 5.73 Å². The zero-order valence-electron chi connectivity index (χ0n) is 7.43. The zero-order chi connectivity index (χ0) is 8.60. The number of nitrogens with zero attached hydrogens (tertiary/aromatic N) is 1. The molecule has 0 atom stereocenters. The molecule has 0 amide bonds. The van der Waals surface area contributed by atoms with Gasteiger partial charge in [-0.05, 0) is 25.3 Å². The van der Waals surface area contributed by atoms with Crippen molar-refractivity contribution in [2.24, 2.45) is 5.73 Å². The van der Waals surface area contributed by atoms with E-state index < -0.39 is 0 Å². The van der Waals surface area contributed by atoms with E-state index in [4.69, 9.17) is 5.73 Å². The Morgan fingerprint density at radius 3 is 3.00 bits per heavy atom. The van der Waals surface area contributed by atoms with Crippen molar-refractivity contribution in [1.29, 1.82) is 0 Å². The molecule has 1 aromatic heterocycles. The fourth-order valence-electron chi connectivity index (χ4n) is 1.40. The Kier molecular flexibility index (Phi) is 1.68. The molecule has 1 fully saturated rings. The van der Waals surface area contributed by atoms with Crippen molar-refractivity contribution in [3.63, 3.8) is 0 Å². The van der Waals surface area contributed by atoms with Gasteiger partial charge in [-0.1, -0.05) is 13.3 Å². The SMILES string of the molecule is CCCc1cc(C2(N)CC2)n[nH]1. The monoisotopic (exact) mass is 165 g/mol. The highest BCUT2D eigenvalue weighted by atomic mass is 15.1. The van der Waals surface area contributed by atoms with Crippen molar-refractivity contribution < 1.29 is 0 Å². The van der Waals surface area contributed by atoms with Gasteiger partial charge >= 0.3 is 0 Å².